The maximum atomic E-state index is 5.71. The fourth-order valence-corrected chi connectivity index (χ4v) is 3.57. The second kappa shape index (κ2) is 6.59. The standard InChI is InChI=1S/C17H22N4O.ClH/c1-21-11-10-18-12-14(21)15-19-16(22-20-15)17(8-5-9-17)13-6-3-2-4-7-13;/h2-4,6-7,14,18H,5,8-12H2,1H3;1H. The van der Waals surface area contributed by atoms with E-state index in [1.807, 2.05) is 0 Å². The number of nitrogens with one attached hydrogen (secondary N) is 1. The van der Waals surface area contributed by atoms with E-state index in [0.29, 0.717) is 0 Å². The predicted molar refractivity (Wildman–Crippen MR) is 90.9 cm³/mol. The Morgan fingerprint density at radius 2 is 2.04 bits per heavy atom. The van der Waals surface area contributed by atoms with Gasteiger partial charge in [0, 0.05) is 19.6 Å². The van der Waals surface area contributed by atoms with Crippen LogP contribution in [-0.2, 0) is 5.41 Å². The molecule has 5 nitrogen and oxygen atoms in total. The normalized spacial score (nSPS) is 23.8. The fourth-order valence-electron chi connectivity index (χ4n) is 3.57. The molecule has 1 saturated carbocycles. The van der Waals surface area contributed by atoms with Crippen molar-refractivity contribution in [1.29, 1.82) is 0 Å². The van der Waals surface area contributed by atoms with E-state index in [9.17, 15) is 0 Å². The van der Waals surface area contributed by atoms with Crippen LogP contribution in [0.15, 0.2) is 34.9 Å². The van der Waals surface area contributed by atoms with Crippen LogP contribution in [0.2, 0.25) is 0 Å². The fraction of sp³-hybridized carbons (Fsp3) is 0.529. The molecule has 6 heteroatoms. The summed E-state index contributed by atoms with van der Waals surface area (Å²) in [5.41, 5.74) is 1.24. The smallest absolute Gasteiger partial charge is 0.237 e. The van der Waals surface area contributed by atoms with Gasteiger partial charge in [0.25, 0.3) is 0 Å². The van der Waals surface area contributed by atoms with Crippen LogP contribution in [0.5, 0.6) is 0 Å². The van der Waals surface area contributed by atoms with E-state index < -0.39 is 0 Å². The molecule has 1 unspecified atom stereocenters. The molecule has 1 aliphatic heterocycles. The summed E-state index contributed by atoms with van der Waals surface area (Å²) < 4.78 is 5.71. The molecule has 23 heavy (non-hydrogen) atoms. The Labute approximate surface area is 142 Å². The van der Waals surface area contributed by atoms with Gasteiger partial charge in [-0.1, -0.05) is 41.9 Å². The number of halogens is 1. The van der Waals surface area contributed by atoms with Gasteiger partial charge in [0.1, 0.15) is 0 Å². The average molecular weight is 335 g/mol. The number of rotatable bonds is 3. The third-order valence-electron chi connectivity index (χ3n) is 5.19. The van der Waals surface area contributed by atoms with Gasteiger partial charge in [-0.25, -0.2) is 0 Å². The lowest BCUT2D eigenvalue weighted by atomic mass is 9.64. The van der Waals surface area contributed by atoms with Crippen LogP contribution in [0, 0.1) is 0 Å². The van der Waals surface area contributed by atoms with Gasteiger partial charge in [-0.3, -0.25) is 4.90 Å². The van der Waals surface area contributed by atoms with Crippen molar-refractivity contribution < 1.29 is 4.52 Å². The van der Waals surface area contributed by atoms with E-state index in [2.05, 4.69) is 52.8 Å². The topological polar surface area (TPSA) is 54.2 Å². The number of likely N-dealkylation sites (N-methyl/N-ethyl adjacent to an activating group) is 1. The van der Waals surface area contributed by atoms with Crippen molar-refractivity contribution in [2.75, 3.05) is 26.7 Å². The SMILES string of the molecule is CN1CCNCC1c1noc(C2(c3ccccc3)CCC2)n1.Cl. The molecule has 124 valence electrons. The van der Waals surface area contributed by atoms with Crippen molar-refractivity contribution in [3.63, 3.8) is 0 Å². The second-order valence-corrected chi connectivity index (χ2v) is 6.46. The van der Waals surface area contributed by atoms with Crippen LogP contribution in [0.1, 0.15) is 42.6 Å². The second-order valence-electron chi connectivity index (χ2n) is 6.46. The first kappa shape index (κ1) is 16.4. The number of aromatic nitrogens is 2. The summed E-state index contributed by atoms with van der Waals surface area (Å²) in [6.45, 7) is 2.91. The first-order valence-corrected chi connectivity index (χ1v) is 8.10. The number of nitrogens with zero attached hydrogens (tertiary/aromatic N) is 3. The van der Waals surface area contributed by atoms with E-state index in [0.717, 1.165) is 44.2 Å². The zero-order chi connectivity index (χ0) is 15.0. The molecule has 0 spiro atoms. The maximum Gasteiger partial charge on any atom is 0.237 e. The first-order valence-electron chi connectivity index (χ1n) is 8.10. The van der Waals surface area contributed by atoms with Crippen LogP contribution >= 0.6 is 12.4 Å². The molecule has 2 aromatic rings. The number of hydrogen-bond donors (Lipinski definition) is 1. The molecule has 1 N–H and O–H groups in total. The van der Waals surface area contributed by atoms with Gasteiger partial charge in [-0.15, -0.1) is 12.4 Å². The first-order chi connectivity index (χ1) is 10.8. The van der Waals surface area contributed by atoms with Crippen molar-refractivity contribution in [2.24, 2.45) is 0 Å². The summed E-state index contributed by atoms with van der Waals surface area (Å²) in [5.74, 6) is 1.60. The molecule has 1 aliphatic carbocycles. The monoisotopic (exact) mass is 334 g/mol. The predicted octanol–water partition coefficient (Wildman–Crippen LogP) is 2.54. The van der Waals surface area contributed by atoms with Gasteiger partial charge < -0.3 is 9.84 Å². The Balaban J connectivity index is 0.00000156. The lowest BCUT2D eigenvalue weighted by Crippen LogP contribution is -2.44. The van der Waals surface area contributed by atoms with Crippen molar-refractivity contribution in [3.05, 3.63) is 47.6 Å². The Bertz CT molecular complexity index is 641. The highest BCUT2D eigenvalue weighted by atomic mass is 35.5. The molecule has 2 fully saturated rings. The van der Waals surface area contributed by atoms with Gasteiger partial charge in [0.15, 0.2) is 5.82 Å². The Hall–Kier alpha value is -1.43. The molecular weight excluding hydrogens is 312 g/mol. The molecule has 0 amide bonds. The zero-order valence-corrected chi connectivity index (χ0v) is 14.2. The van der Waals surface area contributed by atoms with Gasteiger partial charge in [-0.2, -0.15) is 4.98 Å². The molecule has 1 saturated heterocycles. The van der Waals surface area contributed by atoms with Crippen molar-refractivity contribution in [1.82, 2.24) is 20.4 Å². The molecule has 4 rings (SSSR count). The maximum absolute atomic E-state index is 5.71. The zero-order valence-electron chi connectivity index (χ0n) is 13.4. The summed E-state index contributed by atoms with van der Waals surface area (Å²) in [7, 11) is 2.12. The molecular formula is C17H23ClN4O. The van der Waals surface area contributed by atoms with E-state index in [1.54, 1.807) is 0 Å². The van der Waals surface area contributed by atoms with Gasteiger partial charge in [0.2, 0.25) is 5.89 Å². The van der Waals surface area contributed by atoms with Gasteiger partial charge >= 0.3 is 0 Å². The summed E-state index contributed by atoms with van der Waals surface area (Å²) in [5, 5.41) is 7.70. The highest BCUT2D eigenvalue weighted by molar-refractivity contribution is 5.85. The van der Waals surface area contributed by atoms with E-state index >= 15 is 0 Å². The minimum absolute atomic E-state index is 0. The Kier molecular flexibility index (Phi) is 4.71. The molecule has 2 heterocycles. The molecule has 1 atom stereocenters. The third kappa shape index (κ3) is 2.77. The van der Waals surface area contributed by atoms with Crippen LogP contribution in [0.25, 0.3) is 0 Å². The third-order valence-corrected chi connectivity index (χ3v) is 5.19. The van der Waals surface area contributed by atoms with E-state index in [1.165, 1.54) is 12.0 Å². The summed E-state index contributed by atoms with van der Waals surface area (Å²) in [6.07, 6.45) is 3.41. The van der Waals surface area contributed by atoms with Crippen molar-refractivity contribution in [3.8, 4) is 0 Å². The molecule has 0 bridgehead atoms. The lowest BCUT2D eigenvalue weighted by molar-refractivity contribution is 0.188. The van der Waals surface area contributed by atoms with Gasteiger partial charge in [-0.05, 0) is 25.5 Å². The lowest BCUT2D eigenvalue weighted by Gasteiger charge is -2.39. The molecule has 1 aromatic carbocycles. The largest absolute Gasteiger partial charge is 0.338 e. The number of piperazine rings is 1. The molecule has 1 aromatic heterocycles. The molecule has 2 aliphatic rings. The minimum Gasteiger partial charge on any atom is -0.338 e. The van der Waals surface area contributed by atoms with E-state index in [-0.39, 0.29) is 23.9 Å². The number of hydrogen-bond acceptors (Lipinski definition) is 5. The Morgan fingerprint density at radius 3 is 2.70 bits per heavy atom. The summed E-state index contributed by atoms with van der Waals surface area (Å²) >= 11 is 0. The minimum atomic E-state index is -0.0623. The van der Waals surface area contributed by atoms with Crippen molar-refractivity contribution >= 4 is 12.4 Å². The highest BCUT2D eigenvalue weighted by Gasteiger charge is 2.45. The highest BCUT2D eigenvalue weighted by Crippen LogP contribution is 2.48. The Morgan fingerprint density at radius 1 is 1.26 bits per heavy atom. The van der Waals surface area contributed by atoms with Crippen LogP contribution in [0.4, 0.5) is 0 Å². The quantitative estimate of drug-likeness (QED) is 0.934. The van der Waals surface area contributed by atoms with Crippen LogP contribution in [-0.4, -0.2) is 41.7 Å². The summed E-state index contributed by atoms with van der Waals surface area (Å²) in [4.78, 5) is 7.09. The van der Waals surface area contributed by atoms with Gasteiger partial charge in [0.05, 0.1) is 11.5 Å². The van der Waals surface area contributed by atoms with Crippen LogP contribution in [0.3, 0.4) is 0 Å². The number of benzene rings is 1. The van der Waals surface area contributed by atoms with Crippen LogP contribution < -0.4 is 5.32 Å². The average Bonchev–Trinajstić information content (AvgIpc) is 2.98. The molecule has 0 radical (unpaired) electrons. The van der Waals surface area contributed by atoms with Crippen molar-refractivity contribution in [2.45, 2.75) is 30.7 Å². The van der Waals surface area contributed by atoms with E-state index in [4.69, 9.17) is 9.51 Å². The summed E-state index contributed by atoms with van der Waals surface area (Å²) in [6, 6.07) is 10.8.